The van der Waals surface area contributed by atoms with Gasteiger partial charge in [0.15, 0.2) is 0 Å². The van der Waals surface area contributed by atoms with Gasteiger partial charge in [-0.2, -0.15) is 0 Å². The molecular formula is C10H12N2O2. The maximum absolute atomic E-state index is 10.9. The van der Waals surface area contributed by atoms with Gasteiger partial charge in [0, 0.05) is 13.1 Å². The fourth-order valence-electron chi connectivity index (χ4n) is 1.64. The van der Waals surface area contributed by atoms with E-state index in [4.69, 9.17) is 5.11 Å². The van der Waals surface area contributed by atoms with Crippen molar-refractivity contribution < 1.29 is 9.90 Å². The lowest BCUT2D eigenvalue weighted by Gasteiger charge is -2.18. The number of nitrogens with one attached hydrogen (secondary N) is 1. The molecule has 1 aliphatic heterocycles. The molecule has 0 saturated carbocycles. The molecule has 1 fully saturated rings. The first-order chi connectivity index (χ1) is 6.79. The SMILES string of the molecule is O=C(O)c1ccccc1N1CCNC1. The first-order valence-electron chi connectivity index (χ1n) is 4.57. The number of rotatable bonds is 2. The summed E-state index contributed by atoms with van der Waals surface area (Å²) >= 11 is 0. The summed E-state index contributed by atoms with van der Waals surface area (Å²) in [5.74, 6) is -0.868. The third-order valence-corrected chi connectivity index (χ3v) is 2.34. The Morgan fingerprint density at radius 2 is 2.21 bits per heavy atom. The van der Waals surface area contributed by atoms with Crippen LogP contribution in [0.1, 0.15) is 10.4 Å². The number of hydrogen-bond acceptors (Lipinski definition) is 3. The van der Waals surface area contributed by atoms with Crippen LogP contribution >= 0.6 is 0 Å². The van der Waals surface area contributed by atoms with Crippen LogP contribution < -0.4 is 10.2 Å². The first-order valence-corrected chi connectivity index (χ1v) is 4.57. The number of para-hydroxylation sites is 1. The van der Waals surface area contributed by atoms with Gasteiger partial charge >= 0.3 is 5.97 Å². The van der Waals surface area contributed by atoms with Crippen molar-refractivity contribution >= 4 is 11.7 Å². The average Bonchev–Trinajstić information content (AvgIpc) is 2.70. The van der Waals surface area contributed by atoms with Gasteiger partial charge in [0.2, 0.25) is 0 Å². The van der Waals surface area contributed by atoms with E-state index in [-0.39, 0.29) is 0 Å². The van der Waals surface area contributed by atoms with Gasteiger partial charge < -0.3 is 10.0 Å². The summed E-state index contributed by atoms with van der Waals surface area (Å²) in [6.45, 7) is 2.50. The van der Waals surface area contributed by atoms with Gasteiger partial charge in [-0.1, -0.05) is 12.1 Å². The van der Waals surface area contributed by atoms with Crippen molar-refractivity contribution in [2.24, 2.45) is 0 Å². The van der Waals surface area contributed by atoms with E-state index in [1.54, 1.807) is 12.1 Å². The molecular weight excluding hydrogens is 180 g/mol. The summed E-state index contributed by atoms with van der Waals surface area (Å²) in [5, 5.41) is 12.1. The van der Waals surface area contributed by atoms with E-state index < -0.39 is 5.97 Å². The van der Waals surface area contributed by atoms with E-state index >= 15 is 0 Å². The van der Waals surface area contributed by atoms with Crippen LogP contribution in [-0.2, 0) is 0 Å². The maximum Gasteiger partial charge on any atom is 0.337 e. The minimum atomic E-state index is -0.868. The van der Waals surface area contributed by atoms with Crippen molar-refractivity contribution in [3.05, 3.63) is 29.8 Å². The zero-order valence-electron chi connectivity index (χ0n) is 7.73. The van der Waals surface area contributed by atoms with Gasteiger partial charge in [-0.25, -0.2) is 4.79 Å². The minimum absolute atomic E-state index is 0.371. The number of nitrogens with zero attached hydrogens (tertiary/aromatic N) is 1. The van der Waals surface area contributed by atoms with Gasteiger partial charge in [0.25, 0.3) is 0 Å². The van der Waals surface area contributed by atoms with Crippen molar-refractivity contribution in [3.8, 4) is 0 Å². The molecule has 4 heteroatoms. The molecule has 0 unspecified atom stereocenters. The molecule has 0 aromatic heterocycles. The van der Waals surface area contributed by atoms with Gasteiger partial charge in [-0.05, 0) is 12.1 Å². The Kier molecular flexibility index (Phi) is 2.37. The third kappa shape index (κ3) is 1.56. The van der Waals surface area contributed by atoms with E-state index in [0.717, 1.165) is 25.4 Å². The quantitative estimate of drug-likeness (QED) is 0.726. The molecule has 0 spiro atoms. The van der Waals surface area contributed by atoms with Crippen molar-refractivity contribution in [1.82, 2.24) is 5.32 Å². The van der Waals surface area contributed by atoms with Crippen LogP contribution in [0.5, 0.6) is 0 Å². The first kappa shape index (κ1) is 9.02. The van der Waals surface area contributed by atoms with E-state index in [1.165, 1.54) is 0 Å². The topological polar surface area (TPSA) is 52.6 Å². The highest BCUT2D eigenvalue weighted by Gasteiger charge is 2.17. The van der Waals surface area contributed by atoms with E-state index in [9.17, 15) is 4.79 Å². The molecule has 2 N–H and O–H groups in total. The highest BCUT2D eigenvalue weighted by Crippen LogP contribution is 2.20. The van der Waals surface area contributed by atoms with Crippen molar-refractivity contribution in [2.45, 2.75) is 0 Å². The number of benzene rings is 1. The van der Waals surface area contributed by atoms with Gasteiger partial charge in [-0.3, -0.25) is 5.32 Å². The smallest absolute Gasteiger partial charge is 0.337 e. The molecule has 14 heavy (non-hydrogen) atoms. The van der Waals surface area contributed by atoms with Crippen LogP contribution in [0.25, 0.3) is 0 Å². The fourth-order valence-corrected chi connectivity index (χ4v) is 1.64. The summed E-state index contributed by atoms with van der Waals surface area (Å²) in [4.78, 5) is 13.0. The van der Waals surface area contributed by atoms with Crippen molar-refractivity contribution in [2.75, 3.05) is 24.7 Å². The molecule has 2 rings (SSSR count). The van der Waals surface area contributed by atoms with Gasteiger partial charge in [0.1, 0.15) is 0 Å². The Morgan fingerprint density at radius 1 is 1.43 bits per heavy atom. The van der Waals surface area contributed by atoms with Crippen LogP contribution in [0.3, 0.4) is 0 Å². The zero-order valence-corrected chi connectivity index (χ0v) is 7.73. The van der Waals surface area contributed by atoms with Crippen LogP contribution in [0.2, 0.25) is 0 Å². The van der Waals surface area contributed by atoms with Crippen molar-refractivity contribution in [1.29, 1.82) is 0 Å². The standard InChI is InChI=1S/C10H12N2O2/c13-10(14)8-3-1-2-4-9(8)12-6-5-11-7-12/h1-4,11H,5-7H2,(H,13,14). The number of carboxylic acid groups (broad SMARTS) is 1. The van der Waals surface area contributed by atoms with E-state index in [1.807, 2.05) is 17.0 Å². The van der Waals surface area contributed by atoms with Crippen LogP contribution in [0.15, 0.2) is 24.3 Å². The molecule has 1 heterocycles. The number of anilines is 1. The molecule has 1 saturated heterocycles. The molecule has 0 amide bonds. The second-order valence-electron chi connectivity index (χ2n) is 3.24. The van der Waals surface area contributed by atoms with E-state index in [2.05, 4.69) is 5.32 Å². The van der Waals surface area contributed by atoms with Gasteiger partial charge in [-0.15, -0.1) is 0 Å². The third-order valence-electron chi connectivity index (χ3n) is 2.34. The van der Waals surface area contributed by atoms with Crippen LogP contribution in [-0.4, -0.2) is 30.8 Å². The normalized spacial score (nSPS) is 15.9. The minimum Gasteiger partial charge on any atom is -0.478 e. The predicted octanol–water partition coefficient (Wildman–Crippen LogP) is 0.752. The Hall–Kier alpha value is -1.55. The lowest BCUT2D eigenvalue weighted by Crippen LogP contribution is -2.23. The number of carboxylic acids is 1. The highest BCUT2D eigenvalue weighted by atomic mass is 16.4. The predicted molar refractivity (Wildman–Crippen MR) is 53.6 cm³/mol. The molecule has 4 nitrogen and oxygen atoms in total. The largest absolute Gasteiger partial charge is 0.478 e. The monoisotopic (exact) mass is 192 g/mol. The fraction of sp³-hybridized carbons (Fsp3) is 0.300. The molecule has 1 aromatic rings. The van der Waals surface area contributed by atoms with Crippen LogP contribution in [0, 0.1) is 0 Å². The molecule has 0 bridgehead atoms. The lowest BCUT2D eigenvalue weighted by atomic mass is 10.1. The second-order valence-corrected chi connectivity index (χ2v) is 3.24. The Morgan fingerprint density at radius 3 is 2.86 bits per heavy atom. The van der Waals surface area contributed by atoms with E-state index in [0.29, 0.717) is 5.56 Å². The zero-order chi connectivity index (χ0) is 9.97. The summed E-state index contributed by atoms with van der Waals surface area (Å²) in [5.41, 5.74) is 1.17. The Balaban J connectivity index is 2.35. The maximum atomic E-state index is 10.9. The molecule has 74 valence electrons. The second kappa shape index (κ2) is 3.67. The molecule has 1 aliphatic rings. The highest BCUT2D eigenvalue weighted by molar-refractivity contribution is 5.94. The molecule has 1 aromatic carbocycles. The van der Waals surface area contributed by atoms with Crippen LogP contribution in [0.4, 0.5) is 5.69 Å². The van der Waals surface area contributed by atoms with Gasteiger partial charge in [0.05, 0.1) is 17.9 Å². The number of carbonyl (C=O) groups is 1. The average molecular weight is 192 g/mol. The molecule has 0 atom stereocenters. The summed E-state index contributed by atoms with van der Waals surface area (Å²) in [7, 11) is 0. The molecule has 0 radical (unpaired) electrons. The number of hydrogen-bond donors (Lipinski definition) is 2. The lowest BCUT2D eigenvalue weighted by molar-refractivity contribution is 0.0697. The number of aromatic carboxylic acids is 1. The summed E-state index contributed by atoms with van der Waals surface area (Å²) < 4.78 is 0. The molecule has 0 aliphatic carbocycles. The summed E-state index contributed by atoms with van der Waals surface area (Å²) in [6.07, 6.45) is 0. The summed E-state index contributed by atoms with van der Waals surface area (Å²) in [6, 6.07) is 7.09. The Labute approximate surface area is 82.2 Å². The Bertz CT molecular complexity index is 346. The van der Waals surface area contributed by atoms with Crippen molar-refractivity contribution in [3.63, 3.8) is 0 Å².